The van der Waals surface area contributed by atoms with Gasteiger partial charge in [-0.2, -0.15) is 0 Å². The number of amides is 1. The van der Waals surface area contributed by atoms with Crippen LogP contribution in [0, 0.1) is 11.8 Å². The van der Waals surface area contributed by atoms with E-state index in [2.05, 4.69) is 5.32 Å². The Morgan fingerprint density at radius 1 is 0.750 bits per heavy atom. The van der Waals surface area contributed by atoms with E-state index in [0.717, 1.165) is 44.9 Å². The number of benzene rings is 1. The molecule has 0 spiro atoms. The van der Waals surface area contributed by atoms with Crippen LogP contribution in [0.4, 0.5) is 0 Å². The highest BCUT2D eigenvalue weighted by atomic mass is 16.5. The first-order valence-electron chi connectivity index (χ1n) is 14.3. The Labute approximate surface area is 236 Å². The molecular formula is C30H45NO9. The Morgan fingerprint density at radius 2 is 1.38 bits per heavy atom. The molecule has 0 fully saturated rings. The minimum atomic E-state index is -1.06. The van der Waals surface area contributed by atoms with Gasteiger partial charge < -0.3 is 25.4 Å². The molecule has 2 atom stereocenters. The van der Waals surface area contributed by atoms with Crippen molar-refractivity contribution in [3.63, 3.8) is 0 Å². The SMILES string of the molecule is C[C@@H](CCCCNC(=O)CCC(CC(=O)CCCCCCCCCOc1ccc(C(=O)O)cc1)C(=O)O)C(=O)O. The molecule has 4 N–H and O–H groups in total. The third-order valence-electron chi connectivity index (χ3n) is 6.82. The molecule has 1 rings (SSSR count). The first kappa shape index (κ1) is 34.6. The predicted octanol–water partition coefficient (Wildman–Crippen LogP) is 5.33. The zero-order chi connectivity index (χ0) is 29.8. The Hall–Kier alpha value is -3.43. The topological polar surface area (TPSA) is 167 Å². The normalized spacial score (nSPS) is 12.3. The van der Waals surface area contributed by atoms with Crippen molar-refractivity contribution >= 4 is 29.6 Å². The molecule has 0 aliphatic heterocycles. The van der Waals surface area contributed by atoms with E-state index in [9.17, 15) is 29.1 Å². The highest BCUT2D eigenvalue weighted by Gasteiger charge is 2.22. The van der Waals surface area contributed by atoms with Gasteiger partial charge in [-0.05, 0) is 56.4 Å². The van der Waals surface area contributed by atoms with Gasteiger partial charge in [0.05, 0.1) is 24.0 Å². The van der Waals surface area contributed by atoms with Crippen molar-refractivity contribution in [3.05, 3.63) is 29.8 Å². The van der Waals surface area contributed by atoms with E-state index >= 15 is 0 Å². The van der Waals surface area contributed by atoms with Crippen molar-refractivity contribution in [1.82, 2.24) is 5.32 Å². The van der Waals surface area contributed by atoms with Crippen LogP contribution in [0.2, 0.25) is 0 Å². The monoisotopic (exact) mass is 563 g/mol. The lowest BCUT2D eigenvalue weighted by Gasteiger charge is -2.12. The molecule has 0 radical (unpaired) electrons. The minimum Gasteiger partial charge on any atom is -0.494 e. The van der Waals surface area contributed by atoms with Gasteiger partial charge in [-0.25, -0.2) is 4.79 Å². The van der Waals surface area contributed by atoms with Gasteiger partial charge >= 0.3 is 17.9 Å². The van der Waals surface area contributed by atoms with Crippen molar-refractivity contribution in [1.29, 1.82) is 0 Å². The third-order valence-corrected chi connectivity index (χ3v) is 6.82. The molecule has 1 unspecified atom stereocenters. The lowest BCUT2D eigenvalue weighted by atomic mass is 9.94. The molecule has 224 valence electrons. The number of Topliss-reactive ketones (excluding diaryl/α,β-unsaturated/α-hetero) is 1. The van der Waals surface area contributed by atoms with Crippen molar-refractivity contribution in [2.45, 2.75) is 96.8 Å². The molecule has 1 aromatic carbocycles. The number of carboxylic acid groups (broad SMARTS) is 3. The minimum absolute atomic E-state index is 0.0395. The number of hydrogen-bond donors (Lipinski definition) is 4. The van der Waals surface area contributed by atoms with E-state index in [1.165, 1.54) is 12.1 Å². The average molecular weight is 564 g/mol. The molecule has 0 saturated heterocycles. The molecule has 1 amide bonds. The number of ether oxygens (including phenoxy) is 1. The number of unbranched alkanes of at least 4 members (excludes halogenated alkanes) is 7. The van der Waals surface area contributed by atoms with Crippen LogP contribution in [0.25, 0.3) is 0 Å². The second-order valence-electron chi connectivity index (χ2n) is 10.3. The van der Waals surface area contributed by atoms with Crippen LogP contribution in [-0.2, 0) is 19.2 Å². The molecule has 0 aromatic heterocycles. The van der Waals surface area contributed by atoms with Gasteiger partial charge in [-0.15, -0.1) is 0 Å². The van der Waals surface area contributed by atoms with Gasteiger partial charge in [0.25, 0.3) is 0 Å². The van der Waals surface area contributed by atoms with E-state index in [4.69, 9.17) is 14.9 Å². The number of aromatic carboxylic acids is 1. The summed E-state index contributed by atoms with van der Waals surface area (Å²) in [6.45, 7) is 2.63. The number of nitrogens with one attached hydrogen (secondary N) is 1. The van der Waals surface area contributed by atoms with Crippen molar-refractivity contribution in [3.8, 4) is 5.75 Å². The van der Waals surface area contributed by atoms with Gasteiger partial charge in [-0.1, -0.05) is 45.4 Å². The van der Waals surface area contributed by atoms with Crippen LogP contribution >= 0.6 is 0 Å². The zero-order valence-corrected chi connectivity index (χ0v) is 23.6. The Bertz CT molecular complexity index is 930. The van der Waals surface area contributed by atoms with Gasteiger partial charge in [0.1, 0.15) is 11.5 Å². The second kappa shape index (κ2) is 20.5. The van der Waals surface area contributed by atoms with Gasteiger partial charge in [-0.3, -0.25) is 19.2 Å². The van der Waals surface area contributed by atoms with E-state index < -0.39 is 29.7 Å². The fourth-order valence-electron chi connectivity index (χ4n) is 4.20. The first-order valence-corrected chi connectivity index (χ1v) is 14.3. The molecule has 0 bridgehead atoms. The van der Waals surface area contributed by atoms with E-state index in [0.29, 0.717) is 44.6 Å². The quantitative estimate of drug-likeness (QED) is 0.121. The number of hydrogen-bond acceptors (Lipinski definition) is 6. The lowest BCUT2D eigenvalue weighted by molar-refractivity contribution is -0.144. The summed E-state index contributed by atoms with van der Waals surface area (Å²) >= 11 is 0. The van der Waals surface area contributed by atoms with Crippen LogP contribution in [0.15, 0.2) is 24.3 Å². The predicted molar refractivity (Wildman–Crippen MR) is 149 cm³/mol. The van der Waals surface area contributed by atoms with Crippen LogP contribution in [0.3, 0.4) is 0 Å². The highest BCUT2D eigenvalue weighted by molar-refractivity contribution is 5.87. The largest absolute Gasteiger partial charge is 0.494 e. The van der Waals surface area contributed by atoms with Gasteiger partial charge in [0.2, 0.25) is 5.91 Å². The van der Waals surface area contributed by atoms with Crippen LogP contribution in [0.1, 0.15) is 107 Å². The molecule has 1 aromatic rings. The maximum absolute atomic E-state index is 12.3. The van der Waals surface area contributed by atoms with E-state index in [-0.39, 0.29) is 36.5 Å². The molecule has 0 saturated carbocycles. The molecule has 40 heavy (non-hydrogen) atoms. The second-order valence-corrected chi connectivity index (χ2v) is 10.3. The zero-order valence-electron chi connectivity index (χ0n) is 23.6. The summed E-state index contributed by atoms with van der Waals surface area (Å²) in [5.74, 6) is -3.84. The molecule has 10 nitrogen and oxygen atoms in total. The number of carboxylic acids is 3. The third kappa shape index (κ3) is 16.5. The highest BCUT2D eigenvalue weighted by Crippen LogP contribution is 2.17. The maximum atomic E-state index is 12.3. The number of ketones is 1. The smallest absolute Gasteiger partial charge is 0.335 e. The van der Waals surface area contributed by atoms with E-state index in [1.807, 2.05) is 0 Å². The number of carbonyl (C=O) groups is 5. The number of carbonyl (C=O) groups excluding carboxylic acids is 2. The van der Waals surface area contributed by atoms with Gasteiger partial charge in [0.15, 0.2) is 0 Å². The molecule has 0 heterocycles. The molecule has 10 heteroatoms. The fraction of sp³-hybridized carbons (Fsp3) is 0.633. The summed E-state index contributed by atoms with van der Waals surface area (Å²) in [5.41, 5.74) is 0.227. The fourth-order valence-corrected chi connectivity index (χ4v) is 4.20. The molecule has 0 aliphatic carbocycles. The maximum Gasteiger partial charge on any atom is 0.335 e. The lowest BCUT2D eigenvalue weighted by Crippen LogP contribution is -2.26. The Balaban J connectivity index is 2.06. The molecule has 0 aliphatic rings. The number of rotatable bonds is 24. The van der Waals surface area contributed by atoms with E-state index in [1.54, 1.807) is 19.1 Å². The summed E-state index contributed by atoms with van der Waals surface area (Å²) in [5, 5.41) is 29.9. The summed E-state index contributed by atoms with van der Waals surface area (Å²) in [7, 11) is 0. The average Bonchev–Trinajstić information content (AvgIpc) is 2.91. The summed E-state index contributed by atoms with van der Waals surface area (Å²) in [6, 6.07) is 6.33. The number of aliphatic carboxylic acids is 2. The summed E-state index contributed by atoms with van der Waals surface area (Å²) < 4.78 is 5.62. The Morgan fingerprint density at radius 3 is 1.98 bits per heavy atom. The van der Waals surface area contributed by atoms with Crippen molar-refractivity contribution < 1.29 is 44.0 Å². The van der Waals surface area contributed by atoms with Crippen molar-refractivity contribution in [2.75, 3.05) is 13.2 Å². The standard InChI is InChI=1S/C30H45NO9/c1-22(28(34)35)11-8-9-19-31-27(33)18-15-24(30(38)39)21-25(32)12-7-5-3-2-4-6-10-20-40-26-16-13-23(14-17-26)29(36)37/h13-14,16-17,22,24H,2-12,15,18-21H2,1H3,(H,31,33)(H,34,35)(H,36,37)(H,38,39)/t22-,24?/m0/s1. The first-order chi connectivity index (χ1) is 19.1. The molecular weight excluding hydrogens is 518 g/mol. The van der Waals surface area contributed by atoms with Gasteiger partial charge in [0, 0.05) is 25.8 Å². The van der Waals surface area contributed by atoms with Crippen LogP contribution in [0.5, 0.6) is 5.75 Å². The summed E-state index contributed by atoms with van der Waals surface area (Å²) in [4.78, 5) is 57.5. The summed E-state index contributed by atoms with van der Waals surface area (Å²) in [6.07, 6.45) is 8.98. The van der Waals surface area contributed by atoms with Crippen LogP contribution < -0.4 is 10.1 Å². The Kier molecular flexibility index (Phi) is 17.7. The van der Waals surface area contributed by atoms with Crippen molar-refractivity contribution in [2.24, 2.45) is 11.8 Å². The van der Waals surface area contributed by atoms with Crippen LogP contribution in [-0.4, -0.2) is 58.1 Å².